The maximum Gasteiger partial charge on any atom is 0.310 e. The Morgan fingerprint density at radius 2 is 1.44 bits per heavy atom. The van der Waals surface area contributed by atoms with E-state index in [1.807, 2.05) is 24.3 Å². The third-order valence-electron chi connectivity index (χ3n) is 8.56. The Kier molecular flexibility index (Phi) is 16.0. The zero-order valence-electron chi connectivity index (χ0n) is 31.2. The number of carbonyl (C=O) groups excluding carboxylic acids is 1. The van der Waals surface area contributed by atoms with Crippen molar-refractivity contribution in [3.63, 3.8) is 0 Å². The summed E-state index contributed by atoms with van der Waals surface area (Å²) in [5, 5.41) is 26.6. The van der Waals surface area contributed by atoms with Crippen LogP contribution < -0.4 is 14.2 Å². The molecule has 9 heteroatoms. The molecule has 0 amide bonds. The quantitative estimate of drug-likeness (QED) is 0.112. The van der Waals surface area contributed by atoms with E-state index in [1.165, 1.54) is 22.3 Å². The third-order valence-corrected chi connectivity index (χ3v) is 8.56. The van der Waals surface area contributed by atoms with Gasteiger partial charge in [0.1, 0.15) is 25.1 Å². The van der Waals surface area contributed by atoms with Gasteiger partial charge in [-0.05, 0) is 74.0 Å². The number of ketones is 1. The highest BCUT2D eigenvalue weighted by atomic mass is 16.5. The van der Waals surface area contributed by atoms with Gasteiger partial charge >= 0.3 is 5.97 Å². The van der Waals surface area contributed by atoms with Crippen LogP contribution in [0.3, 0.4) is 0 Å². The molecule has 5 aromatic carbocycles. The lowest BCUT2D eigenvalue weighted by atomic mass is 9.93. The highest BCUT2D eigenvalue weighted by molar-refractivity contribution is 6.09. The number of para-hydroxylation sites is 3. The zero-order valence-corrected chi connectivity index (χ0v) is 31.2. The molecule has 6 rings (SSSR count). The minimum Gasteiger partial charge on any atom is -0.493 e. The molecule has 5 aromatic rings. The van der Waals surface area contributed by atoms with E-state index < -0.39 is 18.0 Å². The van der Waals surface area contributed by atoms with Gasteiger partial charge in [-0.25, -0.2) is 0 Å². The van der Waals surface area contributed by atoms with E-state index in [0.717, 1.165) is 18.7 Å². The number of ether oxygens (including phenoxy) is 3. The topological polar surface area (TPSA) is 126 Å². The molecule has 2 unspecified atom stereocenters. The maximum atomic E-state index is 12.2. The fraction of sp³-hybridized carbons (Fsp3) is 0.244. The lowest BCUT2D eigenvalue weighted by molar-refractivity contribution is -0.138. The zero-order chi connectivity index (χ0) is 38.9. The summed E-state index contributed by atoms with van der Waals surface area (Å²) >= 11 is 0. The molecule has 0 bridgehead atoms. The lowest BCUT2D eigenvalue weighted by Crippen LogP contribution is -2.21. The van der Waals surface area contributed by atoms with E-state index in [4.69, 9.17) is 29.5 Å². The van der Waals surface area contributed by atoms with Crippen LogP contribution in [-0.2, 0) is 11.4 Å². The average molecular weight is 732 g/mol. The van der Waals surface area contributed by atoms with Crippen LogP contribution >= 0.6 is 0 Å². The van der Waals surface area contributed by atoms with E-state index in [9.17, 15) is 9.59 Å². The molecule has 3 N–H and O–H groups in total. The number of aliphatic carboxylic acids is 1. The van der Waals surface area contributed by atoms with Crippen molar-refractivity contribution in [1.29, 1.82) is 0 Å². The number of fused-ring (bicyclic) bond motifs is 2. The first-order chi connectivity index (χ1) is 26.1. The average Bonchev–Trinajstić information content (AvgIpc) is 3.37. The number of methoxy groups -OCH3 is 1. The molecule has 0 saturated heterocycles. The normalized spacial score (nSPS) is 13.3. The summed E-state index contributed by atoms with van der Waals surface area (Å²) in [4.78, 5) is 25.4. The second-order valence-electron chi connectivity index (χ2n) is 12.8. The second-order valence-corrected chi connectivity index (χ2v) is 12.8. The summed E-state index contributed by atoms with van der Waals surface area (Å²) in [6.07, 6.45) is 2.51. The fourth-order valence-corrected chi connectivity index (χ4v) is 5.54. The van der Waals surface area contributed by atoms with Gasteiger partial charge in [0.25, 0.3) is 0 Å². The van der Waals surface area contributed by atoms with Crippen molar-refractivity contribution in [1.82, 2.24) is 4.90 Å². The van der Waals surface area contributed by atoms with Crippen LogP contribution in [0.15, 0.2) is 133 Å². The largest absolute Gasteiger partial charge is 0.493 e. The smallest absolute Gasteiger partial charge is 0.310 e. The van der Waals surface area contributed by atoms with Gasteiger partial charge in [-0.3, -0.25) is 9.59 Å². The van der Waals surface area contributed by atoms with Gasteiger partial charge in [0, 0.05) is 23.2 Å². The van der Waals surface area contributed by atoms with Crippen LogP contribution in [0.1, 0.15) is 57.4 Å². The summed E-state index contributed by atoms with van der Waals surface area (Å²) in [5.41, 5.74) is 6.78. The summed E-state index contributed by atoms with van der Waals surface area (Å²) in [7, 11) is 5.76. The molecule has 0 saturated carbocycles. The number of hydrogen-bond acceptors (Lipinski definition) is 8. The van der Waals surface area contributed by atoms with E-state index in [2.05, 4.69) is 67.5 Å². The molecule has 9 nitrogen and oxygen atoms in total. The van der Waals surface area contributed by atoms with Gasteiger partial charge in [0.05, 0.1) is 19.6 Å². The first-order valence-corrected chi connectivity index (χ1v) is 17.8. The lowest BCUT2D eigenvalue weighted by Gasteiger charge is -2.12. The van der Waals surface area contributed by atoms with Crippen LogP contribution in [0, 0.1) is 0 Å². The molecule has 0 fully saturated rings. The van der Waals surface area contributed by atoms with Gasteiger partial charge in [-0.2, -0.15) is 0 Å². The van der Waals surface area contributed by atoms with E-state index >= 15 is 0 Å². The molecule has 1 heterocycles. The molecule has 1 aliphatic rings. The fourth-order valence-electron chi connectivity index (χ4n) is 5.54. The van der Waals surface area contributed by atoms with Gasteiger partial charge in [0.2, 0.25) is 0 Å². The maximum absolute atomic E-state index is 12.2. The van der Waals surface area contributed by atoms with Crippen molar-refractivity contribution in [2.45, 2.75) is 32.0 Å². The molecule has 0 aliphatic carbocycles. The van der Waals surface area contributed by atoms with Crippen LogP contribution in [0.25, 0.3) is 5.57 Å². The van der Waals surface area contributed by atoms with Crippen molar-refractivity contribution in [3.8, 4) is 17.2 Å². The third kappa shape index (κ3) is 11.9. The molecular formula is C45H49NO8. The van der Waals surface area contributed by atoms with Gasteiger partial charge in [0.15, 0.2) is 17.3 Å². The SMILES string of the molecule is CC(C(=O)O)c1cccc(C(=O)c2ccccc2)c1.CN(C)CCC=C1c2ccccc2COc2ccccc21.COc1ccccc1OCC(O)CO. The minimum atomic E-state index is -0.899. The van der Waals surface area contributed by atoms with Crippen LogP contribution in [0.4, 0.5) is 0 Å². The Hall–Kier alpha value is -5.74. The molecule has 0 spiro atoms. The number of benzene rings is 5. The van der Waals surface area contributed by atoms with Crippen molar-refractivity contribution in [3.05, 3.63) is 167 Å². The Morgan fingerprint density at radius 3 is 2.13 bits per heavy atom. The Bertz CT molecular complexity index is 1920. The first kappa shape index (κ1) is 41.0. The standard InChI is InChI=1S/C19H21NO.C16H14O3.C10H14O4/c1-20(2)13-7-11-17-16-9-4-3-8-15(16)14-21-19-12-6-5-10-18(17)19;1-11(16(18)19)13-8-5-9-14(10-13)15(17)12-6-3-2-4-7-12;1-13-9-4-2-3-5-10(9)14-7-8(12)6-11/h3-6,8-12H,7,13-14H2,1-2H3;2-11H,1H3,(H,18,19);2-5,8,11-12H,6-7H2,1H3. The Balaban J connectivity index is 0.000000184. The number of aliphatic hydroxyl groups is 2. The number of carboxylic acids is 1. The summed E-state index contributed by atoms with van der Waals surface area (Å²) in [5.74, 6) is 0.526. The summed E-state index contributed by atoms with van der Waals surface area (Å²) in [6, 6.07) is 39.7. The van der Waals surface area contributed by atoms with Crippen LogP contribution in [0.2, 0.25) is 0 Å². The molecular weight excluding hydrogens is 682 g/mol. The molecule has 54 heavy (non-hydrogen) atoms. The summed E-state index contributed by atoms with van der Waals surface area (Å²) in [6.45, 7) is 3.04. The molecule has 2 atom stereocenters. The number of carboxylic acid groups (broad SMARTS) is 1. The molecule has 0 radical (unpaired) electrons. The van der Waals surface area contributed by atoms with E-state index in [0.29, 0.717) is 34.8 Å². The highest BCUT2D eigenvalue weighted by Gasteiger charge is 2.18. The van der Waals surface area contributed by atoms with E-state index in [1.54, 1.807) is 74.7 Å². The number of nitrogens with zero attached hydrogens (tertiary/aromatic N) is 1. The number of aliphatic hydroxyl groups excluding tert-OH is 2. The molecule has 282 valence electrons. The number of rotatable bonds is 12. The Labute approximate surface area is 317 Å². The predicted molar refractivity (Wildman–Crippen MR) is 211 cm³/mol. The van der Waals surface area contributed by atoms with Gasteiger partial charge < -0.3 is 34.4 Å². The van der Waals surface area contributed by atoms with Crippen molar-refractivity contribution >= 4 is 17.3 Å². The highest BCUT2D eigenvalue weighted by Crippen LogP contribution is 2.36. The summed E-state index contributed by atoms with van der Waals surface area (Å²) < 4.78 is 16.3. The minimum absolute atomic E-state index is 0.0525. The van der Waals surface area contributed by atoms with E-state index in [-0.39, 0.29) is 19.0 Å². The van der Waals surface area contributed by atoms with Crippen LogP contribution in [0.5, 0.6) is 17.2 Å². The second kappa shape index (κ2) is 21.1. The molecule has 1 aliphatic heterocycles. The Morgan fingerprint density at radius 1 is 0.815 bits per heavy atom. The number of carbonyl (C=O) groups is 2. The molecule has 0 aromatic heterocycles. The van der Waals surface area contributed by atoms with Gasteiger partial charge in [-0.1, -0.05) is 109 Å². The van der Waals surface area contributed by atoms with Gasteiger partial charge in [-0.15, -0.1) is 0 Å². The van der Waals surface area contributed by atoms with Crippen molar-refractivity contribution < 1.29 is 39.1 Å². The first-order valence-electron chi connectivity index (χ1n) is 17.8. The predicted octanol–water partition coefficient (Wildman–Crippen LogP) is 7.50. The van der Waals surface area contributed by atoms with Crippen molar-refractivity contribution in [2.75, 3.05) is 41.0 Å². The van der Waals surface area contributed by atoms with Crippen LogP contribution in [-0.4, -0.2) is 79.0 Å². The number of hydrogen-bond donors (Lipinski definition) is 3. The monoisotopic (exact) mass is 731 g/mol. The van der Waals surface area contributed by atoms with Crippen molar-refractivity contribution in [2.24, 2.45) is 0 Å².